The van der Waals surface area contributed by atoms with Gasteiger partial charge in [-0.15, -0.1) is 0 Å². The van der Waals surface area contributed by atoms with Gasteiger partial charge in [-0.2, -0.15) is 0 Å². The van der Waals surface area contributed by atoms with E-state index in [0.717, 1.165) is 5.56 Å². The van der Waals surface area contributed by atoms with E-state index in [1.807, 2.05) is 32.0 Å². The van der Waals surface area contributed by atoms with Crippen molar-refractivity contribution < 1.29 is 14.3 Å². The lowest BCUT2D eigenvalue weighted by molar-refractivity contribution is -0.122. The van der Waals surface area contributed by atoms with Crippen LogP contribution in [-0.2, 0) is 11.3 Å². The van der Waals surface area contributed by atoms with Crippen LogP contribution in [0.1, 0.15) is 25.8 Å². The van der Waals surface area contributed by atoms with Crippen molar-refractivity contribution in [2.45, 2.75) is 32.9 Å². The molecule has 0 radical (unpaired) electrons. The van der Waals surface area contributed by atoms with E-state index in [2.05, 4.69) is 5.32 Å². The highest BCUT2D eigenvalue weighted by Gasteiger charge is 2.14. The molecule has 1 aromatic carbocycles. The molecule has 0 aliphatic heterocycles. The highest BCUT2D eigenvalue weighted by Crippen LogP contribution is 2.27. The summed E-state index contributed by atoms with van der Waals surface area (Å²) in [5.41, 5.74) is 6.77. The van der Waals surface area contributed by atoms with Gasteiger partial charge in [-0.05, 0) is 30.0 Å². The van der Waals surface area contributed by atoms with Crippen LogP contribution in [0.2, 0.25) is 0 Å². The summed E-state index contributed by atoms with van der Waals surface area (Å²) in [6.45, 7) is 4.51. The maximum Gasteiger partial charge on any atom is 0.237 e. The molecule has 1 atom stereocenters. The van der Waals surface area contributed by atoms with Gasteiger partial charge in [0, 0.05) is 6.54 Å². The number of carbonyl (C=O) groups excluding carboxylic acids is 1. The van der Waals surface area contributed by atoms with Crippen LogP contribution in [0.25, 0.3) is 0 Å². The van der Waals surface area contributed by atoms with Gasteiger partial charge in [0.2, 0.25) is 5.91 Å². The Morgan fingerprint density at radius 2 is 1.90 bits per heavy atom. The topological polar surface area (TPSA) is 73.6 Å². The molecule has 20 heavy (non-hydrogen) atoms. The molecule has 0 aliphatic rings. The first kappa shape index (κ1) is 16.3. The minimum absolute atomic E-state index is 0.131. The van der Waals surface area contributed by atoms with Crippen molar-refractivity contribution in [3.63, 3.8) is 0 Å². The van der Waals surface area contributed by atoms with Crippen molar-refractivity contribution in [3.8, 4) is 11.5 Å². The number of rotatable bonds is 7. The average Bonchev–Trinajstić information content (AvgIpc) is 2.43. The van der Waals surface area contributed by atoms with Crippen LogP contribution in [-0.4, -0.2) is 26.2 Å². The molecule has 1 aromatic rings. The molecule has 1 rings (SSSR count). The molecular weight excluding hydrogens is 256 g/mol. The Kier molecular flexibility index (Phi) is 6.31. The molecule has 0 aromatic heterocycles. The molecule has 3 N–H and O–H groups in total. The summed E-state index contributed by atoms with van der Waals surface area (Å²) in [5.74, 6) is 1.58. The third-order valence-corrected chi connectivity index (χ3v) is 2.98. The van der Waals surface area contributed by atoms with Crippen LogP contribution in [0.3, 0.4) is 0 Å². The minimum Gasteiger partial charge on any atom is -0.493 e. The Morgan fingerprint density at radius 1 is 1.25 bits per heavy atom. The summed E-state index contributed by atoms with van der Waals surface area (Å²) < 4.78 is 10.4. The quantitative estimate of drug-likeness (QED) is 0.797. The number of carbonyl (C=O) groups is 1. The van der Waals surface area contributed by atoms with Crippen LogP contribution >= 0.6 is 0 Å². The number of methoxy groups -OCH3 is 2. The highest BCUT2D eigenvalue weighted by molar-refractivity contribution is 5.81. The van der Waals surface area contributed by atoms with Gasteiger partial charge >= 0.3 is 0 Å². The molecule has 0 spiro atoms. The summed E-state index contributed by atoms with van der Waals surface area (Å²) in [4.78, 5) is 11.8. The maximum absolute atomic E-state index is 11.8. The Balaban J connectivity index is 2.59. The number of hydrogen-bond acceptors (Lipinski definition) is 4. The lowest BCUT2D eigenvalue weighted by atomic mass is 10.0. The summed E-state index contributed by atoms with van der Waals surface area (Å²) in [7, 11) is 3.17. The molecule has 0 saturated carbocycles. The van der Waals surface area contributed by atoms with Crippen LogP contribution < -0.4 is 20.5 Å². The third kappa shape index (κ3) is 4.74. The number of nitrogens with two attached hydrogens (primary N) is 1. The van der Waals surface area contributed by atoms with Gasteiger partial charge in [0.15, 0.2) is 11.5 Å². The first-order valence-corrected chi connectivity index (χ1v) is 6.72. The summed E-state index contributed by atoms with van der Waals surface area (Å²) in [6.07, 6.45) is 0.678. The average molecular weight is 280 g/mol. The summed E-state index contributed by atoms with van der Waals surface area (Å²) >= 11 is 0. The molecule has 5 heteroatoms. The van der Waals surface area contributed by atoms with Crippen LogP contribution in [0.15, 0.2) is 18.2 Å². The van der Waals surface area contributed by atoms with Gasteiger partial charge in [-0.1, -0.05) is 19.9 Å². The largest absolute Gasteiger partial charge is 0.493 e. The second-order valence-electron chi connectivity index (χ2n) is 5.14. The van der Waals surface area contributed by atoms with E-state index in [0.29, 0.717) is 30.4 Å². The highest BCUT2D eigenvalue weighted by atomic mass is 16.5. The molecule has 0 fully saturated rings. The monoisotopic (exact) mass is 280 g/mol. The molecule has 1 amide bonds. The Hall–Kier alpha value is -1.75. The first-order valence-electron chi connectivity index (χ1n) is 6.72. The normalized spacial score (nSPS) is 12.1. The number of ether oxygens (including phenoxy) is 2. The summed E-state index contributed by atoms with van der Waals surface area (Å²) in [6, 6.07) is 5.08. The Bertz CT molecular complexity index is 447. The molecular formula is C15H24N2O3. The number of nitrogens with one attached hydrogen (secondary N) is 1. The van der Waals surface area contributed by atoms with E-state index < -0.39 is 6.04 Å². The van der Waals surface area contributed by atoms with Crippen LogP contribution in [0.5, 0.6) is 11.5 Å². The van der Waals surface area contributed by atoms with Crippen molar-refractivity contribution in [2.75, 3.05) is 14.2 Å². The summed E-state index contributed by atoms with van der Waals surface area (Å²) in [5, 5.41) is 2.83. The predicted molar refractivity (Wildman–Crippen MR) is 78.8 cm³/mol. The van der Waals surface area contributed by atoms with Crippen LogP contribution in [0, 0.1) is 5.92 Å². The second-order valence-corrected chi connectivity index (χ2v) is 5.14. The standard InChI is InChI=1S/C15H24N2O3/c1-10(2)7-12(16)15(18)17-9-11-5-6-13(19-3)14(8-11)20-4/h5-6,8,10,12H,7,9,16H2,1-4H3,(H,17,18). The van der Waals surface area contributed by atoms with E-state index in [1.165, 1.54) is 0 Å². The van der Waals surface area contributed by atoms with Gasteiger partial charge in [0.1, 0.15) is 0 Å². The van der Waals surface area contributed by atoms with E-state index in [1.54, 1.807) is 14.2 Å². The van der Waals surface area contributed by atoms with Crippen LogP contribution in [0.4, 0.5) is 0 Å². The van der Waals surface area contributed by atoms with E-state index in [-0.39, 0.29) is 5.91 Å². The Morgan fingerprint density at radius 3 is 2.45 bits per heavy atom. The molecule has 0 aliphatic carbocycles. The zero-order chi connectivity index (χ0) is 15.1. The minimum atomic E-state index is -0.463. The van der Waals surface area contributed by atoms with E-state index in [4.69, 9.17) is 15.2 Å². The third-order valence-electron chi connectivity index (χ3n) is 2.98. The van der Waals surface area contributed by atoms with Gasteiger partial charge in [-0.3, -0.25) is 4.79 Å². The van der Waals surface area contributed by atoms with Gasteiger partial charge in [0.05, 0.1) is 20.3 Å². The molecule has 0 saturated heterocycles. The molecule has 0 bridgehead atoms. The fourth-order valence-corrected chi connectivity index (χ4v) is 1.93. The van der Waals surface area contributed by atoms with E-state index in [9.17, 15) is 4.79 Å². The lowest BCUT2D eigenvalue weighted by Crippen LogP contribution is -2.41. The fraction of sp³-hybridized carbons (Fsp3) is 0.533. The molecule has 1 unspecified atom stereocenters. The van der Waals surface area contributed by atoms with Gasteiger partial charge in [0.25, 0.3) is 0 Å². The van der Waals surface area contributed by atoms with Crippen molar-refractivity contribution in [3.05, 3.63) is 23.8 Å². The van der Waals surface area contributed by atoms with Crippen molar-refractivity contribution >= 4 is 5.91 Å². The SMILES string of the molecule is COc1ccc(CNC(=O)C(N)CC(C)C)cc1OC. The van der Waals surface area contributed by atoms with E-state index >= 15 is 0 Å². The number of amides is 1. The lowest BCUT2D eigenvalue weighted by Gasteiger charge is -2.15. The predicted octanol–water partition coefficient (Wildman–Crippen LogP) is 1.69. The van der Waals surface area contributed by atoms with Crippen molar-refractivity contribution in [1.82, 2.24) is 5.32 Å². The molecule has 5 nitrogen and oxygen atoms in total. The second kappa shape index (κ2) is 7.75. The maximum atomic E-state index is 11.8. The van der Waals surface area contributed by atoms with Gasteiger partial charge in [-0.25, -0.2) is 0 Å². The van der Waals surface area contributed by atoms with Crippen molar-refractivity contribution in [2.24, 2.45) is 11.7 Å². The fourth-order valence-electron chi connectivity index (χ4n) is 1.93. The first-order chi connectivity index (χ1) is 9.47. The van der Waals surface area contributed by atoms with Gasteiger partial charge < -0.3 is 20.5 Å². The number of benzene rings is 1. The molecule has 0 heterocycles. The smallest absolute Gasteiger partial charge is 0.237 e. The zero-order valence-corrected chi connectivity index (χ0v) is 12.6. The van der Waals surface area contributed by atoms with Crippen molar-refractivity contribution in [1.29, 1.82) is 0 Å². The zero-order valence-electron chi connectivity index (χ0n) is 12.6. The Labute approximate surface area is 120 Å². The molecule has 112 valence electrons. The number of hydrogen-bond donors (Lipinski definition) is 2.